The van der Waals surface area contributed by atoms with Crippen LogP contribution in [0.4, 0.5) is 0 Å². The van der Waals surface area contributed by atoms with E-state index in [2.05, 4.69) is 0 Å². The predicted molar refractivity (Wildman–Crippen MR) is 71.2 cm³/mol. The molecule has 1 heterocycles. The largest absolute Gasteiger partial charge is 0.496 e. The number of hydrogen-bond donors (Lipinski definition) is 0. The molecule has 2 atom stereocenters. The zero-order valence-electron chi connectivity index (χ0n) is 11.3. The normalized spacial score (nSPS) is 24.4. The first-order valence-electron chi connectivity index (χ1n) is 6.41. The van der Waals surface area contributed by atoms with Gasteiger partial charge >= 0.3 is 0 Å². The van der Waals surface area contributed by atoms with Crippen molar-refractivity contribution >= 4 is 11.8 Å². The lowest BCUT2D eigenvalue weighted by Crippen LogP contribution is -2.39. The van der Waals surface area contributed by atoms with Gasteiger partial charge < -0.3 is 9.47 Å². The standard InChI is InChI=1S/C15H15NO4/c1-19-10-5-3-4-9-8-11(20-2)15(14(9)10)16-12(17)6-7-13(16)18/h3-7,11,15H,8H2,1-2H3/t11-,15+/m0/s1. The molecule has 0 saturated carbocycles. The first-order chi connectivity index (χ1) is 9.67. The van der Waals surface area contributed by atoms with E-state index in [0.29, 0.717) is 12.2 Å². The molecule has 20 heavy (non-hydrogen) atoms. The Morgan fingerprint density at radius 3 is 2.45 bits per heavy atom. The van der Waals surface area contributed by atoms with Crippen LogP contribution in [0.1, 0.15) is 17.2 Å². The second-order valence-corrected chi connectivity index (χ2v) is 4.84. The molecule has 2 amide bonds. The van der Waals surface area contributed by atoms with Gasteiger partial charge in [-0.05, 0) is 11.6 Å². The topological polar surface area (TPSA) is 55.8 Å². The first-order valence-corrected chi connectivity index (χ1v) is 6.41. The van der Waals surface area contributed by atoms with Crippen LogP contribution < -0.4 is 4.74 Å². The number of carbonyl (C=O) groups is 2. The highest BCUT2D eigenvalue weighted by molar-refractivity contribution is 6.13. The van der Waals surface area contributed by atoms with Crippen molar-refractivity contribution in [3.05, 3.63) is 41.5 Å². The molecule has 0 radical (unpaired) electrons. The van der Waals surface area contributed by atoms with Crippen LogP contribution in [0, 0.1) is 0 Å². The van der Waals surface area contributed by atoms with Gasteiger partial charge in [-0.1, -0.05) is 12.1 Å². The van der Waals surface area contributed by atoms with E-state index in [0.717, 1.165) is 11.1 Å². The predicted octanol–water partition coefficient (Wildman–Crippen LogP) is 1.23. The van der Waals surface area contributed by atoms with Gasteiger partial charge in [-0.2, -0.15) is 0 Å². The zero-order valence-corrected chi connectivity index (χ0v) is 11.3. The summed E-state index contributed by atoms with van der Waals surface area (Å²) in [6, 6.07) is 5.28. The first kappa shape index (κ1) is 12.9. The van der Waals surface area contributed by atoms with Gasteiger partial charge in [0.15, 0.2) is 0 Å². The maximum atomic E-state index is 12.0. The summed E-state index contributed by atoms with van der Waals surface area (Å²) in [4.78, 5) is 25.2. The fraction of sp³-hybridized carbons (Fsp3) is 0.333. The summed E-state index contributed by atoms with van der Waals surface area (Å²) < 4.78 is 10.9. The summed E-state index contributed by atoms with van der Waals surface area (Å²) in [6.45, 7) is 0. The summed E-state index contributed by atoms with van der Waals surface area (Å²) in [6.07, 6.45) is 3.00. The minimum absolute atomic E-state index is 0.242. The summed E-state index contributed by atoms with van der Waals surface area (Å²) in [5.74, 6) is 0.0705. The van der Waals surface area contributed by atoms with E-state index >= 15 is 0 Å². The molecule has 0 fully saturated rings. The molecule has 1 aromatic carbocycles. The fourth-order valence-electron chi connectivity index (χ4n) is 2.99. The van der Waals surface area contributed by atoms with Gasteiger partial charge in [0.2, 0.25) is 0 Å². The lowest BCUT2D eigenvalue weighted by molar-refractivity contribution is -0.142. The van der Waals surface area contributed by atoms with Crippen molar-refractivity contribution in [2.45, 2.75) is 18.6 Å². The van der Waals surface area contributed by atoms with Crippen molar-refractivity contribution in [2.75, 3.05) is 14.2 Å². The highest BCUT2D eigenvalue weighted by Crippen LogP contribution is 2.43. The van der Waals surface area contributed by atoms with E-state index in [1.165, 1.54) is 17.1 Å². The molecule has 1 aliphatic heterocycles. The Labute approximate surface area is 116 Å². The third kappa shape index (κ3) is 1.74. The monoisotopic (exact) mass is 273 g/mol. The number of hydrogen-bond acceptors (Lipinski definition) is 4. The van der Waals surface area contributed by atoms with Gasteiger partial charge in [-0.3, -0.25) is 14.5 Å². The van der Waals surface area contributed by atoms with Crippen LogP contribution in [0.25, 0.3) is 0 Å². The van der Waals surface area contributed by atoms with Crippen LogP contribution in [-0.4, -0.2) is 37.0 Å². The molecule has 1 aromatic rings. The summed E-state index contributed by atoms with van der Waals surface area (Å²) in [5.41, 5.74) is 1.92. The van der Waals surface area contributed by atoms with Crippen LogP contribution >= 0.6 is 0 Å². The van der Waals surface area contributed by atoms with Crippen molar-refractivity contribution in [3.63, 3.8) is 0 Å². The molecule has 5 heteroatoms. The summed E-state index contributed by atoms with van der Waals surface area (Å²) in [5, 5.41) is 0. The molecular weight excluding hydrogens is 258 g/mol. The minimum atomic E-state index is -0.429. The number of methoxy groups -OCH3 is 2. The molecule has 0 saturated heterocycles. The van der Waals surface area contributed by atoms with E-state index in [-0.39, 0.29) is 17.9 Å². The molecule has 0 bridgehead atoms. The Balaban J connectivity index is 2.10. The molecule has 2 aliphatic rings. The number of benzene rings is 1. The van der Waals surface area contributed by atoms with Crippen LogP contribution in [0.3, 0.4) is 0 Å². The number of carbonyl (C=O) groups excluding carboxylic acids is 2. The van der Waals surface area contributed by atoms with Crippen LogP contribution in [0.5, 0.6) is 5.75 Å². The van der Waals surface area contributed by atoms with Crippen molar-refractivity contribution in [1.82, 2.24) is 4.90 Å². The summed E-state index contributed by atoms with van der Waals surface area (Å²) >= 11 is 0. The second kappa shape index (κ2) is 4.76. The smallest absolute Gasteiger partial charge is 0.254 e. The van der Waals surface area contributed by atoms with Gasteiger partial charge in [0.25, 0.3) is 11.8 Å². The second-order valence-electron chi connectivity index (χ2n) is 4.84. The molecule has 0 unspecified atom stereocenters. The number of imide groups is 1. The fourth-order valence-corrected chi connectivity index (χ4v) is 2.99. The van der Waals surface area contributed by atoms with Crippen LogP contribution in [-0.2, 0) is 20.7 Å². The Hall–Kier alpha value is -2.14. The SMILES string of the molecule is COc1cccc2c1[C@H](N1C(=O)C=CC1=O)[C@@H](OC)C2. The van der Waals surface area contributed by atoms with E-state index in [1.807, 2.05) is 18.2 Å². The minimum Gasteiger partial charge on any atom is -0.496 e. The zero-order chi connectivity index (χ0) is 14.3. The van der Waals surface area contributed by atoms with E-state index in [4.69, 9.17) is 9.47 Å². The third-order valence-corrected chi connectivity index (χ3v) is 3.87. The van der Waals surface area contributed by atoms with Gasteiger partial charge in [0, 0.05) is 31.2 Å². The molecule has 0 spiro atoms. The van der Waals surface area contributed by atoms with Crippen LogP contribution in [0.2, 0.25) is 0 Å². The quantitative estimate of drug-likeness (QED) is 0.777. The molecule has 104 valence electrons. The average molecular weight is 273 g/mol. The number of ether oxygens (including phenoxy) is 2. The van der Waals surface area contributed by atoms with E-state index < -0.39 is 6.04 Å². The molecular formula is C15H15NO4. The Morgan fingerprint density at radius 1 is 1.15 bits per heavy atom. The molecule has 3 rings (SSSR count). The number of nitrogens with zero attached hydrogens (tertiary/aromatic N) is 1. The Bertz CT molecular complexity index is 590. The number of fused-ring (bicyclic) bond motifs is 1. The summed E-state index contributed by atoms with van der Waals surface area (Å²) in [7, 11) is 3.17. The number of rotatable bonds is 3. The highest BCUT2D eigenvalue weighted by atomic mass is 16.5. The van der Waals surface area contributed by atoms with Gasteiger partial charge in [-0.15, -0.1) is 0 Å². The van der Waals surface area contributed by atoms with Crippen molar-refractivity contribution in [3.8, 4) is 5.75 Å². The van der Waals surface area contributed by atoms with Crippen LogP contribution in [0.15, 0.2) is 30.4 Å². The van der Waals surface area contributed by atoms with Crippen molar-refractivity contribution in [2.24, 2.45) is 0 Å². The maximum absolute atomic E-state index is 12.0. The molecule has 1 aliphatic carbocycles. The van der Waals surface area contributed by atoms with Gasteiger partial charge in [-0.25, -0.2) is 0 Å². The highest BCUT2D eigenvalue weighted by Gasteiger charge is 2.44. The van der Waals surface area contributed by atoms with Crippen molar-refractivity contribution < 1.29 is 19.1 Å². The molecule has 0 aromatic heterocycles. The van der Waals surface area contributed by atoms with Gasteiger partial charge in [0.1, 0.15) is 5.75 Å². The lowest BCUT2D eigenvalue weighted by Gasteiger charge is -2.28. The van der Waals surface area contributed by atoms with E-state index in [1.54, 1.807) is 14.2 Å². The maximum Gasteiger partial charge on any atom is 0.254 e. The number of amides is 2. The van der Waals surface area contributed by atoms with Gasteiger partial charge in [0.05, 0.1) is 19.3 Å². The Kier molecular flexibility index (Phi) is 3.06. The molecule has 5 nitrogen and oxygen atoms in total. The Morgan fingerprint density at radius 2 is 1.85 bits per heavy atom. The average Bonchev–Trinajstić information content (AvgIpc) is 2.98. The lowest BCUT2D eigenvalue weighted by atomic mass is 10.0. The molecule has 0 N–H and O–H groups in total. The van der Waals surface area contributed by atoms with Crippen molar-refractivity contribution in [1.29, 1.82) is 0 Å². The van der Waals surface area contributed by atoms with E-state index in [9.17, 15) is 9.59 Å². The third-order valence-electron chi connectivity index (χ3n) is 3.87.